The molecule has 2 rings (SSSR count). The zero-order chi connectivity index (χ0) is 18.4. The van der Waals surface area contributed by atoms with Gasteiger partial charge in [0.15, 0.2) is 0 Å². The molecule has 0 aromatic rings. The van der Waals surface area contributed by atoms with Gasteiger partial charge in [-0.2, -0.15) is 5.10 Å². The Bertz CT molecular complexity index is 484. The number of allylic oxidation sites excluding steroid dienone is 1. The largest absolute Gasteiger partial charge is 0.326 e. The number of hydrazone groups is 1. The van der Waals surface area contributed by atoms with E-state index in [1.807, 2.05) is 0 Å². The topological polar surface area (TPSA) is 27.6 Å². The fraction of sp³-hybridized carbons (Fsp3) is 0.857. The lowest BCUT2D eigenvalue weighted by Crippen LogP contribution is -2.57. The molecule has 0 radical (unpaired) electrons. The third-order valence-corrected chi connectivity index (χ3v) is 6.59. The number of rotatable bonds is 8. The number of quaternary nitrogens is 1. The first kappa shape index (κ1) is 20.4. The van der Waals surface area contributed by atoms with Gasteiger partial charge in [0.1, 0.15) is 6.17 Å². The van der Waals surface area contributed by atoms with Crippen LogP contribution in [0.3, 0.4) is 0 Å². The minimum Gasteiger partial charge on any atom is -0.326 e. The van der Waals surface area contributed by atoms with E-state index in [4.69, 9.17) is 0 Å². The molecule has 2 heterocycles. The van der Waals surface area contributed by atoms with Gasteiger partial charge < -0.3 is 4.48 Å². The Morgan fingerprint density at radius 2 is 1.68 bits per heavy atom. The Balaban J connectivity index is 1.81. The number of unbranched alkanes of at least 4 members (excludes halogenated alkanes) is 4. The van der Waals surface area contributed by atoms with Crippen LogP contribution in [0.4, 0.5) is 0 Å². The van der Waals surface area contributed by atoms with E-state index in [-0.39, 0.29) is 0 Å². The molecule has 1 N–H and O–H groups in total. The molecule has 0 spiro atoms. The highest BCUT2D eigenvalue weighted by atomic mass is 15.4. The molecule has 144 valence electrons. The van der Waals surface area contributed by atoms with Crippen molar-refractivity contribution < 1.29 is 4.48 Å². The number of hydrogen-bond acceptors (Lipinski definition) is 3. The number of hydrogen-bond donors (Lipinski definition) is 1. The predicted octanol–water partition coefficient (Wildman–Crippen LogP) is 4.14. The number of likely N-dealkylation sites (tertiary alicyclic amines) is 1. The Kier molecular flexibility index (Phi) is 7.51. The van der Waals surface area contributed by atoms with E-state index in [1.54, 1.807) is 0 Å². The van der Waals surface area contributed by atoms with E-state index in [1.165, 1.54) is 80.2 Å². The summed E-state index contributed by atoms with van der Waals surface area (Å²) in [6.07, 6.45) is 9.83. The highest BCUT2D eigenvalue weighted by Crippen LogP contribution is 2.26. The van der Waals surface area contributed by atoms with E-state index in [0.717, 1.165) is 11.8 Å². The first-order valence-electron chi connectivity index (χ1n) is 10.4. The summed E-state index contributed by atoms with van der Waals surface area (Å²) >= 11 is 0. The molecular weight excluding hydrogens is 308 g/mol. The number of nitrogens with zero attached hydrogens (tertiary/aromatic N) is 3. The van der Waals surface area contributed by atoms with Gasteiger partial charge in [0, 0.05) is 25.9 Å². The van der Waals surface area contributed by atoms with E-state index in [9.17, 15) is 0 Å². The number of nitrogens with one attached hydrogen (secondary N) is 1. The highest BCUT2D eigenvalue weighted by Gasteiger charge is 2.35. The lowest BCUT2D eigenvalue weighted by molar-refractivity contribution is -0.916. The van der Waals surface area contributed by atoms with Crippen LogP contribution in [0.15, 0.2) is 16.2 Å². The molecule has 2 aliphatic rings. The van der Waals surface area contributed by atoms with Crippen LogP contribution in [-0.4, -0.2) is 61.0 Å². The van der Waals surface area contributed by atoms with Crippen LogP contribution in [0.1, 0.15) is 72.6 Å². The standard InChI is InChI=1S/C21H41N4/c1-7-8-9-10-11-16-25(5,6)20-12-14-24(15-13-20)21-18(3)17(2)19(4)22-23-21/h20-21,23H,7-16H2,1-6H3/q+1. The SMILES string of the molecule is CCCCCCC[N+](C)(C)C1CCN(C2NN=C(C)C(C)=C2C)CC1. The number of piperidine rings is 1. The fourth-order valence-corrected chi connectivity index (χ4v) is 4.33. The summed E-state index contributed by atoms with van der Waals surface area (Å²) in [6, 6.07) is 0.807. The zero-order valence-corrected chi connectivity index (χ0v) is 17.6. The molecule has 4 nitrogen and oxygen atoms in total. The van der Waals surface area contributed by atoms with Crippen LogP contribution in [0.5, 0.6) is 0 Å². The first-order valence-corrected chi connectivity index (χ1v) is 10.4. The van der Waals surface area contributed by atoms with E-state index < -0.39 is 0 Å². The van der Waals surface area contributed by atoms with Gasteiger partial charge >= 0.3 is 0 Å². The van der Waals surface area contributed by atoms with Gasteiger partial charge in [0.2, 0.25) is 0 Å². The van der Waals surface area contributed by atoms with Crippen molar-refractivity contribution in [2.24, 2.45) is 5.10 Å². The van der Waals surface area contributed by atoms with Crippen LogP contribution in [0.25, 0.3) is 0 Å². The summed E-state index contributed by atoms with van der Waals surface area (Å²) < 4.78 is 1.20. The molecule has 0 aromatic carbocycles. The molecule has 1 fully saturated rings. The van der Waals surface area contributed by atoms with Gasteiger partial charge in [0.25, 0.3) is 0 Å². The molecule has 0 saturated carbocycles. The van der Waals surface area contributed by atoms with Gasteiger partial charge in [0.05, 0.1) is 32.4 Å². The maximum absolute atomic E-state index is 4.51. The summed E-state index contributed by atoms with van der Waals surface area (Å²) in [5.74, 6) is 0. The molecule has 2 aliphatic heterocycles. The maximum atomic E-state index is 4.51. The Morgan fingerprint density at radius 1 is 1.04 bits per heavy atom. The molecule has 1 unspecified atom stereocenters. The van der Waals surface area contributed by atoms with Crippen molar-refractivity contribution in [3.63, 3.8) is 0 Å². The molecule has 25 heavy (non-hydrogen) atoms. The Labute approximate surface area is 155 Å². The minimum absolute atomic E-state index is 0.300. The maximum Gasteiger partial charge on any atom is 0.118 e. The van der Waals surface area contributed by atoms with Gasteiger partial charge in [-0.1, -0.05) is 26.2 Å². The summed E-state index contributed by atoms with van der Waals surface area (Å²) in [7, 11) is 4.89. The lowest BCUT2D eigenvalue weighted by atomic mass is 9.97. The van der Waals surface area contributed by atoms with Crippen molar-refractivity contribution in [3.8, 4) is 0 Å². The Morgan fingerprint density at radius 3 is 2.32 bits per heavy atom. The molecule has 4 heteroatoms. The van der Waals surface area contributed by atoms with E-state index in [0.29, 0.717) is 6.17 Å². The average Bonchev–Trinajstić information content (AvgIpc) is 2.60. The molecule has 0 aromatic heterocycles. The van der Waals surface area contributed by atoms with E-state index in [2.05, 4.69) is 57.2 Å². The van der Waals surface area contributed by atoms with Crippen LogP contribution in [-0.2, 0) is 0 Å². The monoisotopic (exact) mass is 349 g/mol. The average molecular weight is 350 g/mol. The van der Waals surface area contributed by atoms with Crippen LogP contribution in [0.2, 0.25) is 0 Å². The second-order valence-corrected chi connectivity index (χ2v) is 8.72. The van der Waals surface area contributed by atoms with Gasteiger partial charge in [-0.15, -0.1) is 0 Å². The lowest BCUT2D eigenvalue weighted by Gasteiger charge is -2.45. The van der Waals surface area contributed by atoms with Crippen molar-refractivity contribution in [1.29, 1.82) is 0 Å². The predicted molar refractivity (Wildman–Crippen MR) is 109 cm³/mol. The van der Waals surface area contributed by atoms with Crippen molar-refractivity contribution in [2.75, 3.05) is 33.7 Å². The summed E-state index contributed by atoms with van der Waals surface area (Å²) in [5.41, 5.74) is 7.30. The van der Waals surface area contributed by atoms with Crippen LogP contribution in [0, 0.1) is 0 Å². The summed E-state index contributed by atoms with van der Waals surface area (Å²) in [4.78, 5) is 2.59. The first-order chi connectivity index (χ1) is 11.9. The van der Waals surface area contributed by atoms with Crippen molar-refractivity contribution in [1.82, 2.24) is 10.3 Å². The molecule has 0 bridgehead atoms. The fourth-order valence-electron chi connectivity index (χ4n) is 4.33. The molecule has 1 atom stereocenters. The smallest absolute Gasteiger partial charge is 0.118 e. The normalized spacial score (nSPS) is 23.6. The summed E-state index contributed by atoms with van der Waals surface area (Å²) in [6.45, 7) is 12.5. The Hall–Kier alpha value is -0.870. The van der Waals surface area contributed by atoms with Crippen molar-refractivity contribution in [3.05, 3.63) is 11.1 Å². The van der Waals surface area contributed by atoms with Crippen molar-refractivity contribution >= 4 is 5.71 Å². The van der Waals surface area contributed by atoms with Gasteiger partial charge in [-0.3, -0.25) is 10.3 Å². The highest BCUT2D eigenvalue weighted by molar-refractivity contribution is 5.98. The van der Waals surface area contributed by atoms with Crippen molar-refractivity contribution in [2.45, 2.75) is 84.8 Å². The van der Waals surface area contributed by atoms with Crippen LogP contribution >= 0.6 is 0 Å². The third kappa shape index (κ3) is 5.30. The summed E-state index contributed by atoms with van der Waals surface area (Å²) in [5, 5.41) is 4.51. The van der Waals surface area contributed by atoms with Crippen LogP contribution < -0.4 is 5.43 Å². The molecular formula is C21H41N4+. The minimum atomic E-state index is 0.300. The third-order valence-electron chi connectivity index (χ3n) is 6.59. The second kappa shape index (κ2) is 9.18. The van der Waals surface area contributed by atoms with E-state index >= 15 is 0 Å². The molecule has 1 saturated heterocycles. The second-order valence-electron chi connectivity index (χ2n) is 8.72. The van der Waals surface area contributed by atoms with Gasteiger partial charge in [-0.05, 0) is 44.8 Å². The zero-order valence-electron chi connectivity index (χ0n) is 17.6. The molecule has 0 aliphatic carbocycles. The molecule has 0 amide bonds. The van der Waals surface area contributed by atoms with Gasteiger partial charge in [-0.25, -0.2) is 0 Å². The quantitative estimate of drug-likeness (QED) is 0.527.